The van der Waals surface area contributed by atoms with Crippen LogP contribution in [0.5, 0.6) is 0 Å². The first kappa shape index (κ1) is 13.6. The zero-order valence-corrected chi connectivity index (χ0v) is 11.4. The second kappa shape index (κ2) is 5.45. The normalized spacial score (nSPS) is 22.5. The number of carbonyl (C=O) groups is 2. The number of nitrogens with one attached hydrogen (secondary N) is 1. The molecule has 100 valence electrons. The largest absolute Gasteiger partial charge is 0.468 e. The second-order valence-corrected chi connectivity index (χ2v) is 4.79. The van der Waals surface area contributed by atoms with Crippen LogP contribution in [0.2, 0.25) is 5.02 Å². The molecule has 1 N–H and O–H groups in total. The standard InChI is InChI=1S/C14H14ClNO3/c1-8-7-10(9-5-3-4-6-11(9)15)12(13(17)16-8)14(18)19-2/h3-7,10,12H,1-2H3,(H,16,17). The average Bonchev–Trinajstić information content (AvgIpc) is 2.37. The van der Waals surface area contributed by atoms with Crippen LogP contribution >= 0.6 is 11.6 Å². The number of benzene rings is 1. The summed E-state index contributed by atoms with van der Waals surface area (Å²) in [6.45, 7) is 1.77. The molecule has 2 unspecified atom stereocenters. The molecular formula is C14H14ClNO3. The molecule has 0 bridgehead atoms. The Hall–Kier alpha value is -1.81. The van der Waals surface area contributed by atoms with E-state index in [-0.39, 0.29) is 5.91 Å². The van der Waals surface area contributed by atoms with Crippen molar-refractivity contribution in [3.8, 4) is 0 Å². The predicted molar refractivity (Wildman–Crippen MR) is 71.6 cm³/mol. The number of carbonyl (C=O) groups excluding carboxylic acids is 2. The minimum Gasteiger partial charge on any atom is -0.468 e. The molecule has 0 radical (unpaired) electrons. The van der Waals surface area contributed by atoms with Gasteiger partial charge in [-0.15, -0.1) is 0 Å². The number of esters is 1. The lowest BCUT2D eigenvalue weighted by atomic mass is 9.82. The minimum absolute atomic E-state index is 0.364. The Labute approximate surface area is 116 Å². The van der Waals surface area contributed by atoms with E-state index in [2.05, 4.69) is 5.32 Å². The van der Waals surface area contributed by atoms with Crippen LogP contribution in [-0.2, 0) is 14.3 Å². The Morgan fingerprint density at radius 1 is 1.37 bits per heavy atom. The fourth-order valence-electron chi connectivity index (χ4n) is 2.24. The fraction of sp³-hybridized carbons (Fsp3) is 0.286. The Balaban J connectivity index is 2.50. The first-order valence-electron chi connectivity index (χ1n) is 5.86. The van der Waals surface area contributed by atoms with Crippen molar-refractivity contribution in [2.75, 3.05) is 7.11 Å². The van der Waals surface area contributed by atoms with Gasteiger partial charge in [0.15, 0.2) is 0 Å². The molecule has 1 aromatic carbocycles. The van der Waals surface area contributed by atoms with Gasteiger partial charge in [0.05, 0.1) is 7.11 Å². The SMILES string of the molecule is COC(=O)C1C(=O)NC(C)=CC1c1ccccc1Cl. The molecule has 0 saturated carbocycles. The maximum Gasteiger partial charge on any atom is 0.319 e. The van der Waals surface area contributed by atoms with E-state index in [1.165, 1.54) is 7.11 Å². The van der Waals surface area contributed by atoms with E-state index >= 15 is 0 Å². The summed E-state index contributed by atoms with van der Waals surface area (Å²) in [5.41, 5.74) is 1.45. The number of rotatable bonds is 2. The third-order valence-electron chi connectivity index (χ3n) is 3.11. The van der Waals surface area contributed by atoms with Gasteiger partial charge in [0.25, 0.3) is 0 Å². The molecular weight excluding hydrogens is 266 g/mol. The molecule has 2 atom stereocenters. The van der Waals surface area contributed by atoms with Crippen LogP contribution in [0.4, 0.5) is 0 Å². The average molecular weight is 280 g/mol. The van der Waals surface area contributed by atoms with Crippen LogP contribution in [-0.4, -0.2) is 19.0 Å². The predicted octanol–water partition coefficient (Wildman–Crippen LogP) is 2.25. The number of hydrogen-bond acceptors (Lipinski definition) is 3. The Bertz CT molecular complexity index is 553. The van der Waals surface area contributed by atoms with Crippen LogP contribution in [0.15, 0.2) is 36.0 Å². The molecule has 1 aromatic rings. The van der Waals surface area contributed by atoms with E-state index in [1.807, 2.05) is 18.2 Å². The Morgan fingerprint density at radius 3 is 2.68 bits per heavy atom. The first-order valence-corrected chi connectivity index (χ1v) is 6.24. The number of hydrogen-bond donors (Lipinski definition) is 1. The summed E-state index contributed by atoms with van der Waals surface area (Å²) >= 11 is 6.15. The number of amides is 1. The van der Waals surface area contributed by atoms with E-state index in [0.717, 1.165) is 5.56 Å². The Morgan fingerprint density at radius 2 is 2.05 bits per heavy atom. The van der Waals surface area contributed by atoms with Gasteiger partial charge in [0.2, 0.25) is 5.91 Å². The molecule has 0 spiro atoms. The van der Waals surface area contributed by atoms with Crippen molar-refractivity contribution in [2.45, 2.75) is 12.8 Å². The van der Waals surface area contributed by atoms with Gasteiger partial charge < -0.3 is 10.1 Å². The van der Waals surface area contributed by atoms with Gasteiger partial charge in [-0.2, -0.15) is 0 Å². The monoisotopic (exact) mass is 279 g/mol. The quantitative estimate of drug-likeness (QED) is 0.667. The number of allylic oxidation sites excluding steroid dienone is 2. The molecule has 1 amide bonds. The van der Waals surface area contributed by atoms with Crippen molar-refractivity contribution in [3.63, 3.8) is 0 Å². The molecule has 0 aliphatic carbocycles. The highest BCUT2D eigenvalue weighted by Gasteiger charge is 2.39. The lowest BCUT2D eigenvalue weighted by Crippen LogP contribution is -2.42. The van der Waals surface area contributed by atoms with Gasteiger partial charge in [-0.1, -0.05) is 35.9 Å². The second-order valence-electron chi connectivity index (χ2n) is 4.39. The van der Waals surface area contributed by atoms with Gasteiger partial charge in [0.1, 0.15) is 5.92 Å². The molecule has 1 aliphatic heterocycles. The van der Waals surface area contributed by atoms with Gasteiger partial charge in [-0.3, -0.25) is 9.59 Å². The maximum atomic E-state index is 12.0. The molecule has 4 nitrogen and oxygen atoms in total. The summed E-state index contributed by atoms with van der Waals surface area (Å²) in [4.78, 5) is 23.8. The zero-order valence-electron chi connectivity index (χ0n) is 10.6. The summed E-state index contributed by atoms with van der Waals surface area (Å²) < 4.78 is 4.71. The van der Waals surface area contributed by atoms with E-state index < -0.39 is 17.8 Å². The van der Waals surface area contributed by atoms with Gasteiger partial charge in [-0.05, 0) is 18.6 Å². The lowest BCUT2D eigenvalue weighted by molar-refractivity contribution is -0.150. The van der Waals surface area contributed by atoms with Gasteiger partial charge in [0, 0.05) is 16.6 Å². The van der Waals surface area contributed by atoms with Crippen LogP contribution in [0.25, 0.3) is 0 Å². The summed E-state index contributed by atoms with van der Waals surface area (Å²) in [5.74, 6) is -2.24. The van der Waals surface area contributed by atoms with Crippen LogP contribution in [0.3, 0.4) is 0 Å². The van der Waals surface area contributed by atoms with Crippen LogP contribution < -0.4 is 5.32 Å². The molecule has 1 aliphatic rings. The Kier molecular flexibility index (Phi) is 3.90. The van der Waals surface area contributed by atoms with Crippen LogP contribution in [0.1, 0.15) is 18.4 Å². The van der Waals surface area contributed by atoms with Crippen LogP contribution in [0, 0.1) is 5.92 Å². The lowest BCUT2D eigenvalue weighted by Gasteiger charge is -2.28. The van der Waals surface area contributed by atoms with Crippen molar-refractivity contribution in [1.82, 2.24) is 5.32 Å². The van der Waals surface area contributed by atoms with E-state index in [1.54, 1.807) is 19.1 Å². The summed E-state index contributed by atoms with van der Waals surface area (Å²) in [5, 5.41) is 3.17. The third-order valence-corrected chi connectivity index (χ3v) is 3.46. The zero-order chi connectivity index (χ0) is 14.0. The first-order chi connectivity index (χ1) is 9.04. The highest BCUT2D eigenvalue weighted by atomic mass is 35.5. The molecule has 2 rings (SSSR count). The molecule has 0 aromatic heterocycles. The molecule has 1 heterocycles. The summed E-state index contributed by atoms with van der Waals surface area (Å²) in [6, 6.07) is 7.18. The number of methoxy groups -OCH3 is 1. The minimum atomic E-state index is -0.909. The molecule has 0 fully saturated rings. The highest BCUT2D eigenvalue weighted by Crippen LogP contribution is 2.35. The summed E-state index contributed by atoms with van der Waals surface area (Å²) in [7, 11) is 1.27. The van der Waals surface area contributed by atoms with Crippen molar-refractivity contribution >= 4 is 23.5 Å². The van der Waals surface area contributed by atoms with Crippen molar-refractivity contribution in [3.05, 3.63) is 46.6 Å². The number of halogens is 1. The number of ether oxygens (including phenoxy) is 1. The molecule has 5 heteroatoms. The topological polar surface area (TPSA) is 55.4 Å². The van der Waals surface area contributed by atoms with Crippen molar-refractivity contribution in [2.24, 2.45) is 5.92 Å². The fourth-order valence-corrected chi connectivity index (χ4v) is 2.50. The van der Waals surface area contributed by atoms with E-state index in [0.29, 0.717) is 10.7 Å². The van der Waals surface area contributed by atoms with Gasteiger partial charge >= 0.3 is 5.97 Å². The van der Waals surface area contributed by atoms with Crippen molar-refractivity contribution < 1.29 is 14.3 Å². The van der Waals surface area contributed by atoms with Gasteiger partial charge in [-0.25, -0.2) is 0 Å². The maximum absolute atomic E-state index is 12.0. The van der Waals surface area contributed by atoms with E-state index in [4.69, 9.17) is 16.3 Å². The molecule has 19 heavy (non-hydrogen) atoms. The smallest absolute Gasteiger partial charge is 0.319 e. The van der Waals surface area contributed by atoms with E-state index in [9.17, 15) is 9.59 Å². The molecule has 0 saturated heterocycles. The highest BCUT2D eigenvalue weighted by molar-refractivity contribution is 6.31. The van der Waals surface area contributed by atoms with Crippen molar-refractivity contribution in [1.29, 1.82) is 0 Å². The third kappa shape index (κ3) is 2.63. The summed E-state index contributed by atoms with van der Waals surface area (Å²) in [6.07, 6.45) is 1.82.